The molecule has 0 heterocycles. The van der Waals surface area contributed by atoms with Crippen LogP contribution in [0.25, 0.3) is 0 Å². The minimum atomic E-state index is -0.182. The van der Waals surface area contributed by atoms with Gasteiger partial charge in [0.2, 0.25) is 0 Å². The van der Waals surface area contributed by atoms with Gasteiger partial charge in [-0.25, -0.2) is 0 Å². The number of allylic oxidation sites excluding steroid dienone is 8. The van der Waals surface area contributed by atoms with E-state index in [0.717, 1.165) is 28.9 Å². The van der Waals surface area contributed by atoms with E-state index in [1.807, 2.05) is 54.6 Å². The highest BCUT2D eigenvalue weighted by Crippen LogP contribution is 2.16. The smallest absolute Gasteiger partial charge is 0.305 e. The molecule has 0 aromatic heterocycles. The molecule has 1 aromatic rings. The monoisotopic (exact) mass is 321 g/mol. The topological polar surface area (TPSA) is 38.3 Å². The van der Waals surface area contributed by atoms with Crippen LogP contribution in [0.4, 0.5) is 5.69 Å². The van der Waals surface area contributed by atoms with Gasteiger partial charge in [-0.15, -0.1) is 0 Å². The van der Waals surface area contributed by atoms with E-state index in [1.165, 1.54) is 7.11 Å². The fraction of sp³-hybridized carbons (Fsp3) is 0.190. The number of anilines is 1. The fourth-order valence-electron chi connectivity index (χ4n) is 2.25. The van der Waals surface area contributed by atoms with Gasteiger partial charge in [-0.3, -0.25) is 4.79 Å². The molecule has 0 aliphatic heterocycles. The van der Waals surface area contributed by atoms with E-state index in [1.54, 1.807) is 0 Å². The van der Waals surface area contributed by atoms with Crippen molar-refractivity contribution in [3.8, 4) is 0 Å². The Bertz CT molecular complexity index is 691. The first-order valence-corrected chi connectivity index (χ1v) is 7.99. The zero-order valence-corrected chi connectivity index (χ0v) is 14.0. The van der Waals surface area contributed by atoms with Gasteiger partial charge in [0.15, 0.2) is 0 Å². The minimum Gasteiger partial charge on any atom is -0.469 e. The molecule has 1 aliphatic carbocycles. The zero-order chi connectivity index (χ0) is 17.2. The number of aryl methyl sites for hydroxylation is 1. The van der Waals surface area contributed by atoms with E-state index in [9.17, 15) is 4.79 Å². The van der Waals surface area contributed by atoms with Crippen LogP contribution in [0.15, 0.2) is 84.6 Å². The van der Waals surface area contributed by atoms with Crippen molar-refractivity contribution in [2.75, 3.05) is 12.4 Å². The van der Waals surface area contributed by atoms with Gasteiger partial charge in [0, 0.05) is 24.2 Å². The van der Waals surface area contributed by atoms with E-state index in [0.29, 0.717) is 12.8 Å². The highest BCUT2D eigenvalue weighted by atomic mass is 16.5. The van der Waals surface area contributed by atoms with Crippen LogP contribution in [0.1, 0.15) is 18.4 Å². The first-order chi connectivity index (χ1) is 11.7. The summed E-state index contributed by atoms with van der Waals surface area (Å²) in [5.41, 5.74) is 4.21. The molecule has 2 rings (SSSR count). The maximum Gasteiger partial charge on any atom is 0.305 e. The fourth-order valence-corrected chi connectivity index (χ4v) is 2.25. The molecule has 0 fully saturated rings. The number of methoxy groups -OCH3 is 1. The molecule has 3 heteroatoms. The molecular weight excluding hydrogens is 298 g/mol. The van der Waals surface area contributed by atoms with Crippen molar-refractivity contribution >= 4 is 11.7 Å². The lowest BCUT2D eigenvalue weighted by Gasteiger charge is -2.10. The Morgan fingerprint density at radius 2 is 1.92 bits per heavy atom. The molecule has 24 heavy (non-hydrogen) atoms. The van der Waals surface area contributed by atoms with E-state index in [-0.39, 0.29) is 5.97 Å². The summed E-state index contributed by atoms with van der Waals surface area (Å²) >= 11 is 0. The summed E-state index contributed by atoms with van der Waals surface area (Å²) < 4.78 is 4.66. The van der Waals surface area contributed by atoms with Crippen LogP contribution in [0, 0.1) is 0 Å². The Labute approximate surface area is 143 Å². The summed E-state index contributed by atoms with van der Waals surface area (Å²) in [6.45, 7) is 3.95. The van der Waals surface area contributed by atoms with Gasteiger partial charge >= 0.3 is 5.97 Å². The predicted octanol–water partition coefficient (Wildman–Crippen LogP) is 4.72. The normalized spacial score (nSPS) is 19.0. The van der Waals surface area contributed by atoms with E-state index >= 15 is 0 Å². The quantitative estimate of drug-likeness (QED) is 0.798. The predicted molar refractivity (Wildman–Crippen MR) is 99.7 cm³/mol. The molecule has 1 aromatic carbocycles. The number of nitrogens with one attached hydrogen (secondary N) is 1. The molecule has 1 N–H and O–H groups in total. The Morgan fingerprint density at radius 3 is 2.67 bits per heavy atom. The molecule has 0 unspecified atom stereocenters. The standard InChI is InChI=1S/C21H23NO2/c1-17-7-4-3-5-9-19(10-6-8-17)22-20-14-11-18(12-15-20)13-16-21(23)24-2/h3-8,10-12,14-15,22H,1,9,13,16H2,2H3/b5-3-,7-4-,8-6?,19-10+. The number of rotatable bonds is 5. The average Bonchev–Trinajstić information content (AvgIpc) is 2.60. The Morgan fingerprint density at radius 1 is 1.17 bits per heavy atom. The largest absolute Gasteiger partial charge is 0.469 e. The Hall–Kier alpha value is -2.81. The van der Waals surface area contributed by atoms with Gasteiger partial charge in [-0.1, -0.05) is 55.2 Å². The highest BCUT2D eigenvalue weighted by molar-refractivity contribution is 5.69. The van der Waals surface area contributed by atoms with Gasteiger partial charge in [0.05, 0.1) is 7.11 Å². The molecular formula is C21H23NO2. The van der Waals surface area contributed by atoms with E-state index in [2.05, 4.69) is 28.8 Å². The van der Waals surface area contributed by atoms with Gasteiger partial charge in [-0.2, -0.15) is 0 Å². The molecule has 124 valence electrons. The van der Waals surface area contributed by atoms with Crippen LogP contribution in [0.2, 0.25) is 0 Å². The summed E-state index contributed by atoms with van der Waals surface area (Å²) in [7, 11) is 1.41. The van der Waals surface area contributed by atoms with Crippen molar-refractivity contribution in [2.24, 2.45) is 0 Å². The number of hydrogen-bond donors (Lipinski definition) is 1. The van der Waals surface area contributed by atoms with Crippen molar-refractivity contribution in [1.29, 1.82) is 0 Å². The molecule has 0 amide bonds. The second kappa shape index (κ2) is 9.36. The van der Waals surface area contributed by atoms with Crippen LogP contribution in [0.3, 0.4) is 0 Å². The average molecular weight is 321 g/mol. The lowest BCUT2D eigenvalue weighted by molar-refractivity contribution is -0.140. The van der Waals surface area contributed by atoms with Gasteiger partial charge in [0.25, 0.3) is 0 Å². The summed E-state index contributed by atoms with van der Waals surface area (Å²) in [5, 5.41) is 3.43. The lowest BCUT2D eigenvalue weighted by atomic mass is 10.1. The molecule has 1 aliphatic rings. The van der Waals surface area contributed by atoms with Gasteiger partial charge in [-0.05, 0) is 35.8 Å². The van der Waals surface area contributed by atoms with Crippen molar-refractivity contribution in [3.63, 3.8) is 0 Å². The van der Waals surface area contributed by atoms with Crippen molar-refractivity contribution in [1.82, 2.24) is 0 Å². The first-order valence-electron chi connectivity index (χ1n) is 7.99. The molecule has 0 radical (unpaired) electrons. The van der Waals surface area contributed by atoms with Crippen LogP contribution >= 0.6 is 0 Å². The summed E-state index contributed by atoms with van der Waals surface area (Å²) in [6.07, 6.45) is 16.1. The lowest BCUT2D eigenvalue weighted by Crippen LogP contribution is -2.02. The molecule has 0 atom stereocenters. The third-order valence-corrected chi connectivity index (χ3v) is 3.61. The second-order valence-corrected chi connectivity index (χ2v) is 5.52. The molecule has 3 nitrogen and oxygen atoms in total. The number of esters is 1. The number of carbonyl (C=O) groups is 1. The molecule has 0 saturated heterocycles. The van der Waals surface area contributed by atoms with E-state index < -0.39 is 0 Å². The first kappa shape index (κ1) is 17.5. The number of carbonyl (C=O) groups excluding carboxylic acids is 1. The Balaban J connectivity index is 1.99. The summed E-state index contributed by atoms with van der Waals surface area (Å²) in [6, 6.07) is 8.11. The zero-order valence-electron chi connectivity index (χ0n) is 14.0. The van der Waals surface area contributed by atoms with Crippen LogP contribution in [0.5, 0.6) is 0 Å². The minimum absolute atomic E-state index is 0.182. The third-order valence-electron chi connectivity index (χ3n) is 3.61. The van der Waals surface area contributed by atoms with Crippen LogP contribution in [-0.2, 0) is 16.0 Å². The van der Waals surface area contributed by atoms with Crippen molar-refractivity contribution in [2.45, 2.75) is 19.3 Å². The highest BCUT2D eigenvalue weighted by Gasteiger charge is 2.02. The maximum absolute atomic E-state index is 11.2. The van der Waals surface area contributed by atoms with Crippen molar-refractivity contribution in [3.05, 3.63) is 90.2 Å². The van der Waals surface area contributed by atoms with E-state index in [4.69, 9.17) is 0 Å². The maximum atomic E-state index is 11.2. The SMILES string of the molecule is C=C1C=C/C=C(/Nc2ccc(CCC(=O)OC)cc2)C/C=C\C=C/1. The molecule has 0 spiro atoms. The second-order valence-electron chi connectivity index (χ2n) is 5.52. The summed E-state index contributed by atoms with van der Waals surface area (Å²) in [4.78, 5) is 11.2. The van der Waals surface area contributed by atoms with Crippen molar-refractivity contribution < 1.29 is 9.53 Å². The number of benzene rings is 1. The Kier molecular flexibility index (Phi) is 6.84. The van der Waals surface area contributed by atoms with Gasteiger partial charge in [0.1, 0.15) is 0 Å². The van der Waals surface area contributed by atoms with Crippen LogP contribution < -0.4 is 5.32 Å². The number of ether oxygens (including phenoxy) is 1. The number of hydrogen-bond acceptors (Lipinski definition) is 3. The van der Waals surface area contributed by atoms with Crippen LogP contribution in [-0.4, -0.2) is 13.1 Å². The third kappa shape index (κ3) is 6.13. The molecule has 0 bridgehead atoms. The summed E-state index contributed by atoms with van der Waals surface area (Å²) in [5.74, 6) is -0.182. The van der Waals surface area contributed by atoms with Gasteiger partial charge < -0.3 is 10.1 Å². The molecule has 0 saturated carbocycles.